The predicted molar refractivity (Wildman–Crippen MR) is 117 cm³/mol. The average Bonchev–Trinajstić information content (AvgIpc) is 3.35. The monoisotopic (exact) mass is 413 g/mol. The molecule has 0 aromatic heterocycles. The topological polar surface area (TPSA) is 65.1 Å². The van der Waals surface area contributed by atoms with Crippen LogP contribution >= 0.6 is 0 Å². The molecule has 2 aliphatic rings. The molecule has 0 saturated heterocycles. The highest BCUT2D eigenvalue weighted by Crippen LogP contribution is 2.39. The molecule has 1 amide bonds. The molecule has 154 valence electrons. The summed E-state index contributed by atoms with van der Waals surface area (Å²) in [6.07, 6.45) is 1.69. The zero-order valence-corrected chi connectivity index (χ0v) is 17.0. The number of allylic oxidation sites excluding steroid dienone is 1. The van der Waals surface area contributed by atoms with Gasteiger partial charge >= 0.3 is 5.97 Å². The van der Waals surface area contributed by atoms with Crippen molar-refractivity contribution in [2.24, 2.45) is 0 Å². The van der Waals surface area contributed by atoms with Gasteiger partial charge in [-0.05, 0) is 42.1 Å². The van der Waals surface area contributed by atoms with Gasteiger partial charge in [0, 0.05) is 11.1 Å². The maximum atomic E-state index is 13.6. The zero-order valence-electron chi connectivity index (χ0n) is 17.0. The number of nitrogens with zero attached hydrogens (tertiary/aromatic N) is 1. The lowest BCUT2D eigenvalue weighted by Gasteiger charge is -2.20. The smallest absolute Gasteiger partial charge is 0.340 e. The van der Waals surface area contributed by atoms with Gasteiger partial charge in [0.25, 0.3) is 5.91 Å². The van der Waals surface area contributed by atoms with Gasteiger partial charge in [0.1, 0.15) is 0 Å². The van der Waals surface area contributed by atoms with Crippen LogP contribution < -0.4 is 14.4 Å². The third-order valence-corrected chi connectivity index (χ3v) is 5.50. The van der Waals surface area contributed by atoms with Crippen LogP contribution in [0.4, 0.5) is 5.69 Å². The largest absolute Gasteiger partial charge is 0.465 e. The highest BCUT2D eigenvalue weighted by molar-refractivity contribution is 6.25. The molecule has 5 rings (SSSR count). The quantitative estimate of drug-likeness (QED) is 0.469. The first-order chi connectivity index (χ1) is 15.1. The van der Waals surface area contributed by atoms with Crippen molar-refractivity contribution >= 4 is 34.4 Å². The number of anilines is 1. The Morgan fingerprint density at radius 2 is 1.81 bits per heavy atom. The average molecular weight is 413 g/mol. The number of carbonyl (C=O) groups excluding carboxylic acids is 2. The van der Waals surface area contributed by atoms with Crippen LogP contribution in [0, 0.1) is 0 Å². The van der Waals surface area contributed by atoms with Crippen LogP contribution in [-0.4, -0.2) is 25.8 Å². The molecule has 0 saturated carbocycles. The minimum absolute atomic E-state index is 0.162. The molecule has 0 aliphatic carbocycles. The summed E-state index contributed by atoms with van der Waals surface area (Å²) in [5.74, 6) is 0.413. The summed E-state index contributed by atoms with van der Waals surface area (Å²) in [6.45, 7) is 1.92. The van der Waals surface area contributed by atoms with Crippen molar-refractivity contribution in [1.82, 2.24) is 0 Å². The number of amides is 1. The van der Waals surface area contributed by atoms with E-state index in [0.717, 1.165) is 22.0 Å². The van der Waals surface area contributed by atoms with Gasteiger partial charge in [-0.1, -0.05) is 42.5 Å². The lowest BCUT2D eigenvalue weighted by molar-refractivity contribution is -0.136. The number of rotatable bonds is 3. The van der Waals surface area contributed by atoms with E-state index >= 15 is 0 Å². The van der Waals surface area contributed by atoms with Crippen LogP contribution in [0.2, 0.25) is 0 Å². The predicted octanol–water partition coefficient (Wildman–Crippen LogP) is 4.45. The summed E-state index contributed by atoms with van der Waals surface area (Å²) in [4.78, 5) is 27.8. The number of methoxy groups -OCH3 is 1. The van der Waals surface area contributed by atoms with Gasteiger partial charge in [0.2, 0.25) is 6.79 Å². The molecule has 0 atom stereocenters. The highest BCUT2D eigenvalue weighted by atomic mass is 16.7. The van der Waals surface area contributed by atoms with E-state index in [1.165, 1.54) is 7.11 Å². The molecule has 6 nitrogen and oxygen atoms in total. The first kappa shape index (κ1) is 18.9. The molecule has 3 aromatic carbocycles. The Labute approximate surface area is 178 Å². The van der Waals surface area contributed by atoms with Crippen molar-refractivity contribution in [3.05, 3.63) is 83.1 Å². The third-order valence-electron chi connectivity index (χ3n) is 5.50. The molecular weight excluding hydrogens is 394 g/mol. The van der Waals surface area contributed by atoms with E-state index in [0.29, 0.717) is 17.2 Å². The Morgan fingerprint density at radius 3 is 2.65 bits per heavy atom. The third kappa shape index (κ3) is 3.04. The van der Waals surface area contributed by atoms with Crippen LogP contribution in [0.3, 0.4) is 0 Å². The maximum Gasteiger partial charge on any atom is 0.340 e. The van der Waals surface area contributed by atoms with Crippen LogP contribution in [0.5, 0.6) is 11.5 Å². The highest BCUT2D eigenvalue weighted by Gasteiger charge is 2.38. The van der Waals surface area contributed by atoms with Crippen LogP contribution in [0.25, 0.3) is 16.8 Å². The van der Waals surface area contributed by atoms with E-state index in [1.54, 1.807) is 30.0 Å². The molecule has 31 heavy (non-hydrogen) atoms. The van der Waals surface area contributed by atoms with Gasteiger partial charge < -0.3 is 14.2 Å². The van der Waals surface area contributed by atoms with Crippen molar-refractivity contribution < 1.29 is 23.8 Å². The first-order valence-electron chi connectivity index (χ1n) is 9.81. The van der Waals surface area contributed by atoms with Gasteiger partial charge in [-0.2, -0.15) is 0 Å². The molecule has 0 N–H and O–H groups in total. The normalized spacial score (nSPS) is 16.5. The number of carbonyl (C=O) groups is 2. The standard InChI is InChI=1S/C25H19NO5/c1-15-23(25(28)29-2)19(12-16-10-11-21-22(13-16)31-14-30-21)24(27)26(15)20-9-5-7-17-6-3-4-8-18(17)20/h3-13H,14H2,1-2H3/b19-12-. The van der Waals surface area contributed by atoms with Crippen molar-refractivity contribution in [2.45, 2.75) is 6.92 Å². The van der Waals surface area contributed by atoms with E-state index in [1.807, 2.05) is 48.5 Å². The number of hydrogen-bond acceptors (Lipinski definition) is 5. The zero-order chi connectivity index (χ0) is 21.5. The van der Waals surface area contributed by atoms with Gasteiger partial charge in [-0.15, -0.1) is 0 Å². The van der Waals surface area contributed by atoms with E-state index in [4.69, 9.17) is 14.2 Å². The van der Waals surface area contributed by atoms with Crippen molar-refractivity contribution in [3.63, 3.8) is 0 Å². The number of hydrogen-bond donors (Lipinski definition) is 0. The fraction of sp³-hybridized carbons (Fsp3) is 0.120. The SMILES string of the molecule is COC(=O)C1=C(C)N(c2cccc3ccccc23)C(=O)/C1=C\c1ccc2c(c1)OCO2. The summed E-state index contributed by atoms with van der Waals surface area (Å²) >= 11 is 0. The van der Waals surface area contributed by atoms with Crippen molar-refractivity contribution in [1.29, 1.82) is 0 Å². The fourth-order valence-corrected chi connectivity index (χ4v) is 4.04. The fourth-order valence-electron chi connectivity index (χ4n) is 4.04. The summed E-state index contributed by atoms with van der Waals surface area (Å²) < 4.78 is 15.8. The second-order valence-corrected chi connectivity index (χ2v) is 7.26. The molecule has 0 bridgehead atoms. The Morgan fingerprint density at radius 1 is 1.03 bits per heavy atom. The van der Waals surface area contributed by atoms with E-state index in [2.05, 4.69) is 0 Å². The Kier molecular flexibility index (Phi) is 4.47. The molecule has 0 spiro atoms. The summed E-state index contributed by atoms with van der Waals surface area (Å²) in [5, 5.41) is 1.93. The van der Waals surface area contributed by atoms with Crippen LogP contribution in [-0.2, 0) is 14.3 Å². The van der Waals surface area contributed by atoms with Crippen molar-refractivity contribution in [2.75, 3.05) is 18.8 Å². The van der Waals surface area contributed by atoms with Crippen molar-refractivity contribution in [3.8, 4) is 11.5 Å². The molecular formula is C25H19NO5. The molecule has 3 aromatic rings. The minimum atomic E-state index is -0.555. The number of fused-ring (bicyclic) bond motifs is 2. The van der Waals surface area contributed by atoms with Crippen LogP contribution in [0.1, 0.15) is 12.5 Å². The van der Waals surface area contributed by atoms with E-state index in [9.17, 15) is 9.59 Å². The minimum Gasteiger partial charge on any atom is -0.465 e. The molecule has 2 heterocycles. The lowest BCUT2D eigenvalue weighted by atomic mass is 10.0. The molecule has 0 fully saturated rings. The number of ether oxygens (including phenoxy) is 3. The van der Waals surface area contributed by atoms with Gasteiger partial charge in [0.15, 0.2) is 11.5 Å². The Balaban J connectivity index is 1.66. The molecule has 0 unspecified atom stereocenters. The Hall–Kier alpha value is -4.06. The number of esters is 1. The maximum absolute atomic E-state index is 13.6. The van der Waals surface area contributed by atoms with Gasteiger partial charge in [-0.3, -0.25) is 9.69 Å². The molecule has 0 radical (unpaired) electrons. The second-order valence-electron chi connectivity index (χ2n) is 7.26. The van der Waals surface area contributed by atoms with E-state index in [-0.39, 0.29) is 23.8 Å². The van der Waals surface area contributed by atoms with Gasteiger partial charge in [0.05, 0.1) is 23.9 Å². The second kappa shape index (κ2) is 7.32. The van der Waals surface area contributed by atoms with Gasteiger partial charge in [-0.25, -0.2) is 4.79 Å². The molecule has 2 aliphatic heterocycles. The summed E-state index contributed by atoms with van der Waals surface area (Å²) in [5.41, 5.74) is 2.49. The molecule has 6 heteroatoms. The lowest BCUT2D eigenvalue weighted by Crippen LogP contribution is -2.24. The van der Waals surface area contributed by atoms with Crippen LogP contribution in [0.15, 0.2) is 77.5 Å². The van der Waals surface area contributed by atoms with E-state index < -0.39 is 5.97 Å². The first-order valence-corrected chi connectivity index (χ1v) is 9.81. The number of benzene rings is 3. The summed E-state index contributed by atoms with van der Waals surface area (Å²) in [6, 6.07) is 19.0. The Bertz CT molecular complexity index is 1300. The summed E-state index contributed by atoms with van der Waals surface area (Å²) in [7, 11) is 1.31.